The lowest BCUT2D eigenvalue weighted by atomic mass is 10.1. The van der Waals surface area contributed by atoms with E-state index in [4.69, 9.17) is 5.73 Å². The van der Waals surface area contributed by atoms with Gasteiger partial charge in [0.05, 0.1) is 3.79 Å². The molecule has 1 fully saturated rings. The molecule has 2 N–H and O–H groups in total. The first-order valence-electron chi connectivity index (χ1n) is 5.54. The minimum absolute atomic E-state index is 0.498. The van der Waals surface area contributed by atoms with Gasteiger partial charge in [0.1, 0.15) is 0 Å². The lowest BCUT2D eigenvalue weighted by molar-refractivity contribution is 0.0882. The summed E-state index contributed by atoms with van der Waals surface area (Å²) >= 11 is 5.26. The minimum atomic E-state index is 0.498. The summed E-state index contributed by atoms with van der Waals surface area (Å²) in [5.41, 5.74) is 7.23. The van der Waals surface area contributed by atoms with Crippen molar-refractivity contribution >= 4 is 27.3 Å². The van der Waals surface area contributed by atoms with E-state index >= 15 is 0 Å². The van der Waals surface area contributed by atoms with Crippen LogP contribution in [0, 0.1) is 0 Å². The molecular weight excluding hydrogens is 286 g/mol. The van der Waals surface area contributed by atoms with Gasteiger partial charge in [-0.1, -0.05) is 0 Å². The summed E-state index contributed by atoms with van der Waals surface area (Å²) in [7, 11) is 2.17. The monoisotopic (exact) mass is 303 g/mol. The van der Waals surface area contributed by atoms with Crippen LogP contribution in [-0.2, 0) is 6.54 Å². The number of likely N-dealkylation sites (N-methyl/N-ethyl adjacent to an activating group) is 1. The molecule has 1 aliphatic rings. The molecule has 0 saturated carbocycles. The number of hydrogen-bond donors (Lipinski definition) is 1. The van der Waals surface area contributed by atoms with Crippen molar-refractivity contribution in [2.75, 3.05) is 33.2 Å². The molecule has 1 aliphatic heterocycles. The molecule has 0 spiro atoms. The Morgan fingerprint density at radius 2 is 2.38 bits per heavy atom. The number of hydrogen-bond acceptors (Lipinski definition) is 4. The Morgan fingerprint density at radius 3 is 3.00 bits per heavy atom. The van der Waals surface area contributed by atoms with E-state index in [1.807, 2.05) is 0 Å². The predicted octanol–water partition coefficient (Wildman–Crippen LogP) is 1.59. The number of nitrogens with two attached hydrogens (primary N) is 1. The summed E-state index contributed by atoms with van der Waals surface area (Å²) in [6.45, 7) is 5.11. The van der Waals surface area contributed by atoms with Crippen LogP contribution >= 0.6 is 27.3 Å². The molecule has 0 amide bonds. The molecule has 2 rings (SSSR count). The van der Waals surface area contributed by atoms with Crippen LogP contribution in [0.25, 0.3) is 0 Å². The second-order valence-electron chi connectivity index (χ2n) is 4.38. The fraction of sp³-hybridized carbons (Fsp3) is 0.636. The highest BCUT2D eigenvalue weighted by molar-refractivity contribution is 9.11. The van der Waals surface area contributed by atoms with Gasteiger partial charge in [0.25, 0.3) is 0 Å². The fourth-order valence-corrected chi connectivity index (χ4v) is 3.34. The van der Waals surface area contributed by atoms with E-state index in [0.717, 1.165) is 32.7 Å². The van der Waals surface area contributed by atoms with Crippen molar-refractivity contribution in [2.24, 2.45) is 5.73 Å². The highest BCUT2D eigenvalue weighted by Crippen LogP contribution is 2.22. The lowest BCUT2D eigenvalue weighted by Gasteiger charge is -2.39. The van der Waals surface area contributed by atoms with E-state index in [0.29, 0.717) is 6.04 Å². The number of nitrogens with zero attached hydrogens (tertiary/aromatic N) is 2. The van der Waals surface area contributed by atoms with Gasteiger partial charge in [-0.3, -0.25) is 4.90 Å². The van der Waals surface area contributed by atoms with Crippen molar-refractivity contribution in [3.8, 4) is 0 Å². The lowest BCUT2D eigenvalue weighted by Crippen LogP contribution is -2.54. The topological polar surface area (TPSA) is 32.5 Å². The van der Waals surface area contributed by atoms with Gasteiger partial charge >= 0.3 is 0 Å². The molecule has 5 heteroatoms. The summed E-state index contributed by atoms with van der Waals surface area (Å²) in [5, 5.41) is 2.22. The summed E-state index contributed by atoms with van der Waals surface area (Å²) < 4.78 is 1.21. The third-order valence-electron chi connectivity index (χ3n) is 3.09. The Kier molecular flexibility index (Phi) is 4.38. The number of rotatable bonds is 3. The van der Waals surface area contributed by atoms with Gasteiger partial charge in [0.2, 0.25) is 0 Å². The van der Waals surface area contributed by atoms with Gasteiger partial charge in [0.15, 0.2) is 0 Å². The number of piperazine rings is 1. The average Bonchev–Trinajstić information content (AvgIpc) is 2.67. The molecule has 2 heterocycles. The van der Waals surface area contributed by atoms with Crippen LogP contribution in [0.1, 0.15) is 5.56 Å². The zero-order valence-corrected chi connectivity index (χ0v) is 11.9. The maximum absolute atomic E-state index is 5.84. The molecular formula is C11H18BrN3S. The number of halogens is 1. The van der Waals surface area contributed by atoms with Crippen LogP contribution in [0.3, 0.4) is 0 Å². The van der Waals surface area contributed by atoms with Crippen molar-refractivity contribution in [3.05, 3.63) is 20.8 Å². The Morgan fingerprint density at radius 1 is 1.56 bits per heavy atom. The normalized spacial score (nSPS) is 23.8. The van der Waals surface area contributed by atoms with Gasteiger partial charge in [-0.05, 0) is 40.0 Å². The van der Waals surface area contributed by atoms with E-state index in [2.05, 4.69) is 44.2 Å². The Bertz CT molecular complexity index is 342. The van der Waals surface area contributed by atoms with Crippen LogP contribution < -0.4 is 5.73 Å². The fourth-order valence-electron chi connectivity index (χ4n) is 2.14. The SMILES string of the molecule is CN1CCN(Cc2csc(Br)c2)C(CN)C1. The van der Waals surface area contributed by atoms with Crippen molar-refractivity contribution in [1.29, 1.82) is 0 Å². The summed E-state index contributed by atoms with van der Waals surface area (Å²) in [6, 6.07) is 2.70. The Hall–Kier alpha value is 0.0600. The van der Waals surface area contributed by atoms with Gasteiger partial charge in [-0.2, -0.15) is 0 Å². The average molecular weight is 304 g/mol. The Balaban J connectivity index is 1.97. The summed E-state index contributed by atoms with van der Waals surface area (Å²) in [6.07, 6.45) is 0. The third kappa shape index (κ3) is 3.05. The van der Waals surface area contributed by atoms with Crippen LogP contribution in [0.15, 0.2) is 15.2 Å². The highest BCUT2D eigenvalue weighted by Gasteiger charge is 2.23. The van der Waals surface area contributed by atoms with E-state index < -0.39 is 0 Å². The highest BCUT2D eigenvalue weighted by atomic mass is 79.9. The molecule has 0 radical (unpaired) electrons. The van der Waals surface area contributed by atoms with Crippen molar-refractivity contribution in [1.82, 2.24) is 9.80 Å². The first-order valence-corrected chi connectivity index (χ1v) is 7.22. The van der Waals surface area contributed by atoms with E-state index in [1.54, 1.807) is 11.3 Å². The molecule has 1 unspecified atom stereocenters. The molecule has 1 atom stereocenters. The molecule has 0 aromatic carbocycles. The molecule has 1 aromatic heterocycles. The minimum Gasteiger partial charge on any atom is -0.329 e. The standard InChI is InChI=1S/C11H18BrN3S/c1-14-2-3-15(10(5-13)7-14)6-9-4-11(12)16-8-9/h4,8,10H,2-3,5-7,13H2,1H3. The quantitative estimate of drug-likeness (QED) is 0.920. The molecule has 0 bridgehead atoms. The molecule has 1 saturated heterocycles. The first kappa shape index (κ1) is 12.5. The largest absolute Gasteiger partial charge is 0.329 e. The smallest absolute Gasteiger partial charge is 0.0701 e. The maximum Gasteiger partial charge on any atom is 0.0701 e. The second-order valence-corrected chi connectivity index (χ2v) is 6.67. The Labute approximate surface area is 109 Å². The predicted molar refractivity (Wildman–Crippen MR) is 72.8 cm³/mol. The summed E-state index contributed by atoms with van der Waals surface area (Å²) in [5.74, 6) is 0. The van der Waals surface area contributed by atoms with Crippen LogP contribution in [0.5, 0.6) is 0 Å². The van der Waals surface area contributed by atoms with Crippen molar-refractivity contribution in [3.63, 3.8) is 0 Å². The number of thiophene rings is 1. The van der Waals surface area contributed by atoms with Gasteiger partial charge in [-0.25, -0.2) is 0 Å². The van der Waals surface area contributed by atoms with Crippen molar-refractivity contribution in [2.45, 2.75) is 12.6 Å². The maximum atomic E-state index is 5.84. The van der Waals surface area contributed by atoms with E-state index in [1.165, 1.54) is 9.35 Å². The van der Waals surface area contributed by atoms with Crippen molar-refractivity contribution < 1.29 is 0 Å². The zero-order valence-electron chi connectivity index (χ0n) is 9.53. The van der Waals surface area contributed by atoms with E-state index in [9.17, 15) is 0 Å². The van der Waals surface area contributed by atoms with Crippen LogP contribution in [-0.4, -0.2) is 49.1 Å². The van der Waals surface area contributed by atoms with Crippen LogP contribution in [0.4, 0.5) is 0 Å². The molecule has 1 aromatic rings. The van der Waals surface area contributed by atoms with Gasteiger partial charge in [-0.15, -0.1) is 11.3 Å². The second kappa shape index (κ2) is 5.60. The first-order chi connectivity index (χ1) is 7.69. The molecule has 3 nitrogen and oxygen atoms in total. The zero-order chi connectivity index (χ0) is 11.5. The molecule has 0 aliphatic carbocycles. The van der Waals surface area contributed by atoms with Gasteiger partial charge in [0, 0.05) is 38.8 Å². The van der Waals surface area contributed by atoms with Crippen LogP contribution in [0.2, 0.25) is 0 Å². The van der Waals surface area contributed by atoms with E-state index in [-0.39, 0.29) is 0 Å². The molecule has 90 valence electrons. The third-order valence-corrected chi connectivity index (χ3v) is 4.64. The molecule has 16 heavy (non-hydrogen) atoms. The van der Waals surface area contributed by atoms with Gasteiger partial charge < -0.3 is 10.6 Å². The summed E-state index contributed by atoms with van der Waals surface area (Å²) in [4.78, 5) is 4.85.